The van der Waals surface area contributed by atoms with Gasteiger partial charge in [0.05, 0.1) is 6.61 Å². The molecule has 0 aromatic heterocycles. The van der Waals surface area contributed by atoms with Crippen LogP contribution in [0.25, 0.3) is 0 Å². The molecule has 2 N–H and O–H groups in total. The van der Waals surface area contributed by atoms with Crippen LogP contribution in [-0.2, 0) is 11.3 Å². The van der Waals surface area contributed by atoms with Gasteiger partial charge in [0.15, 0.2) is 0 Å². The molecule has 4 heteroatoms. The lowest BCUT2D eigenvalue weighted by molar-refractivity contribution is 0.116. The van der Waals surface area contributed by atoms with Crippen LogP contribution in [0.3, 0.4) is 0 Å². The third kappa shape index (κ3) is 5.10. The van der Waals surface area contributed by atoms with Crippen molar-refractivity contribution in [2.24, 2.45) is 5.73 Å². The second kappa shape index (κ2) is 8.16. The van der Waals surface area contributed by atoms with E-state index in [1.165, 1.54) is 31.4 Å². The van der Waals surface area contributed by atoms with Gasteiger partial charge in [-0.1, -0.05) is 44.5 Å². The monoisotopic (exact) mass is 269 g/mol. The molecule has 2 nitrogen and oxygen atoms in total. The fourth-order valence-corrected chi connectivity index (χ4v) is 1.91. The summed E-state index contributed by atoms with van der Waals surface area (Å²) in [5.74, 6) is -0.329. The molecule has 0 atom stereocenters. The van der Waals surface area contributed by atoms with E-state index in [9.17, 15) is 4.39 Å². The molecule has 0 bridgehead atoms. The van der Waals surface area contributed by atoms with Crippen molar-refractivity contribution < 1.29 is 9.13 Å². The summed E-state index contributed by atoms with van der Waals surface area (Å²) in [6.45, 7) is 3.32. The van der Waals surface area contributed by atoms with Crippen molar-refractivity contribution in [1.29, 1.82) is 0 Å². The molecule has 1 rings (SSSR count). The first kappa shape index (κ1) is 15.1. The summed E-state index contributed by atoms with van der Waals surface area (Å²) in [7, 11) is 0. The number of ether oxygens (including phenoxy) is 1. The van der Waals surface area contributed by atoms with Gasteiger partial charge in [0.2, 0.25) is 0 Å². The van der Waals surface area contributed by atoms with Crippen LogP contribution in [0.5, 0.6) is 0 Å². The molecule has 1 aromatic rings. The first-order valence-corrected chi connectivity index (χ1v) is 6.72. The van der Waals surface area contributed by atoms with Crippen molar-refractivity contribution in [2.45, 2.75) is 39.2 Å². The van der Waals surface area contributed by atoms with E-state index in [1.807, 2.05) is 0 Å². The van der Waals surface area contributed by atoms with E-state index in [0.717, 1.165) is 12.0 Å². The van der Waals surface area contributed by atoms with Gasteiger partial charge in [0, 0.05) is 12.2 Å². The zero-order chi connectivity index (χ0) is 13.4. The van der Waals surface area contributed by atoms with Gasteiger partial charge in [0.1, 0.15) is 10.8 Å². The van der Waals surface area contributed by atoms with Crippen LogP contribution in [0.1, 0.15) is 43.7 Å². The van der Waals surface area contributed by atoms with Crippen molar-refractivity contribution >= 4 is 17.2 Å². The molecule has 1 aromatic carbocycles. The number of benzene rings is 1. The predicted octanol–water partition coefficient (Wildman–Crippen LogP) is 3.56. The van der Waals surface area contributed by atoms with Crippen LogP contribution in [0, 0.1) is 5.82 Å². The van der Waals surface area contributed by atoms with Gasteiger partial charge in [-0.3, -0.25) is 0 Å². The van der Waals surface area contributed by atoms with Gasteiger partial charge >= 0.3 is 0 Å². The lowest BCUT2D eigenvalue weighted by Crippen LogP contribution is -2.13. The molecule has 0 aliphatic carbocycles. The van der Waals surface area contributed by atoms with Crippen molar-refractivity contribution in [3.63, 3.8) is 0 Å². The SMILES string of the molecule is CCCCCCOCc1ccc(F)cc1C(N)=S. The topological polar surface area (TPSA) is 35.2 Å². The molecule has 0 unspecified atom stereocenters. The Bertz CT molecular complexity index is 395. The molecule has 0 heterocycles. The van der Waals surface area contributed by atoms with Gasteiger partial charge in [0.25, 0.3) is 0 Å². The van der Waals surface area contributed by atoms with Gasteiger partial charge in [-0.2, -0.15) is 0 Å². The third-order valence-corrected chi connectivity index (χ3v) is 2.96. The van der Waals surface area contributed by atoms with Gasteiger partial charge in [-0.25, -0.2) is 4.39 Å². The van der Waals surface area contributed by atoms with E-state index in [-0.39, 0.29) is 10.8 Å². The number of rotatable bonds is 8. The average molecular weight is 269 g/mol. The third-order valence-electron chi connectivity index (χ3n) is 2.74. The van der Waals surface area contributed by atoms with Crippen molar-refractivity contribution in [1.82, 2.24) is 0 Å². The van der Waals surface area contributed by atoms with E-state index in [4.69, 9.17) is 22.7 Å². The van der Waals surface area contributed by atoms with Crippen LogP contribution in [0.4, 0.5) is 4.39 Å². The van der Waals surface area contributed by atoms with E-state index < -0.39 is 0 Å². The fraction of sp³-hybridized carbons (Fsp3) is 0.500. The number of hydrogen-bond acceptors (Lipinski definition) is 2. The lowest BCUT2D eigenvalue weighted by atomic mass is 10.1. The molecular weight excluding hydrogens is 249 g/mol. The van der Waals surface area contributed by atoms with Gasteiger partial charge in [-0.15, -0.1) is 0 Å². The van der Waals surface area contributed by atoms with E-state index in [2.05, 4.69) is 6.92 Å². The quantitative estimate of drug-likeness (QED) is 0.579. The van der Waals surface area contributed by atoms with Crippen molar-refractivity contribution in [3.05, 3.63) is 35.1 Å². The largest absolute Gasteiger partial charge is 0.389 e. The maximum absolute atomic E-state index is 13.1. The first-order valence-electron chi connectivity index (χ1n) is 6.31. The average Bonchev–Trinajstić information content (AvgIpc) is 2.35. The number of hydrogen-bond donors (Lipinski definition) is 1. The second-order valence-corrected chi connectivity index (χ2v) is 4.72. The van der Waals surface area contributed by atoms with Crippen molar-refractivity contribution in [3.8, 4) is 0 Å². The maximum atomic E-state index is 13.1. The van der Waals surface area contributed by atoms with E-state index in [1.54, 1.807) is 6.07 Å². The minimum Gasteiger partial charge on any atom is -0.389 e. The summed E-state index contributed by atoms with van der Waals surface area (Å²) in [6.07, 6.45) is 4.68. The van der Waals surface area contributed by atoms with Gasteiger partial charge in [-0.05, 0) is 24.1 Å². The van der Waals surface area contributed by atoms with E-state index in [0.29, 0.717) is 18.8 Å². The van der Waals surface area contributed by atoms with Crippen LogP contribution < -0.4 is 5.73 Å². The Morgan fingerprint density at radius 2 is 2.11 bits per heavy atom. The zero-order valence-electron chi connectivity index (χ0n) is 10.7. The van der Waals surface area contributed by atoms with Crippen molar-refractivity contribution in [2.75, 3.05) is 6.61 Å². The number of halogens is 1. The Labute approximate surface area is 113 Å². The summed E-state index contributed by atoms with van der Waals surface area (Å²) in [6, 6.07) is 4.44. The molecule has 0 spiro atoms. The molecular formula is C14H20FNOS. The lowest BCUT2D eigenvalue weighted by Gasteiger charge is -2.09. The summed E-state index contributed by atoms with van der Waals surface area (Å²) < 4.78 is 18.6. The smallest absolute Gasteiger partial charge is 0.123 e. The Balaban J connectivity index is 2.44. The number of thiocarbonyl (C=S) groups is 1. The second-order valence-electron chi connectivity index (χ2n) is 4.28. The van der Waals surface area contributed by atoms with Crippen LogP contribution in [-0.4, -0.2) is 11.6 Å². The number of nitrogens with two attached hydrogens (primary N) is 1. The Hall–Kier alpha value is -1.00. The van der Waals surface area contributed by atoms with Gasteiger partial charge < -0.3 is 10.5 Å². The molecule has 0 saturated heterocycles. The van der Waals surface area contributed by atoms with Crippen LogP contribution in [0.2, 0.25) is 0 Å². The molecule has 0 aliphatic rings. The molecule has 0 amide bonds. The number of unbranched alkanes of at least 4 members (excludes halogenated alkanes) is 3. The molecule has 100 valence electrons. The summed E-state index contributed by atoms with van der Waals surface area (Å²) >= 11 is 4.90. The normalized spacial score (nSPS) is 10.6. The maximum Gasteiger partial charge on any atom is 0.123 e. The predicted molar refractivity (Wildman–Crippen MR) is 76.1 cm³/mol. The summed E-state index contributed by atoms with van der Waals surface area (Å²) in [5.41, 5.74) is 6.98. The highest BCUT2D eigenvalue weighted by Gasteiger charge is 2.06. The highest BCUT2D eigenvalue weighted by atomic mass is 32.1. The Morgan fingerprint density at radius 1 is 1.33 bits per heavy atom. The highest BCUT2D eigenvalue weighted by Crippen LogP contribution is 2.13. The minimum absolute atomic E-state index is 0.207. The zero-order valence-corrected chi connectivity index (χ0v) is 11.6. The minimum atomic E-state index is -0.329. The summed E-state index contributed by atoms with van der Waals surface area (Å²) in [5, 5.41) is 0. The van der Waals surface area contributed by atoms with E-state index >= 15 is 0 Å². The fourth-order valence-electron chi connectivity index (χ4n) is 1.72. The molecule has 0 aliphatic heterocycles. The summed E-state index contributed by atoms with van der Waals surface area (Å²) in [4.78, 5) is 0.207. The standard InChI is InChI=1S/C14H20FNOS/c1-2-3-4-5-8-17-10-11-6-7-12(15)9-13(11)14(16)18/h6-7,9H,2-5,8,10H2,1H3,(H2,16,18). The van der Waals surface area contributed by atoms with Crippen LogP contribution >= 0.6 is 12.2 Å². The highest BCUT2D eigenvalue weighted by molar-refractivity contribution is 7.80. The van der Waals surface area contributed by atoms with Crippen LogP contribution in [0.15, 0.2) is 18.2 Å². The molecule has 0 radical (unpaired) electrons. The first-order chi connectivity index (χ1) is 8.65. The molecule has 0 fully saturated rings. The Morgan fingerprint density at radius 3 is 2.78 bits per heavy atom. The molecule has 0 saturated carbocycles. The molecule has 18 heavy (non-hydrogen) atoms. The Kier molecular flexibility index (Phi) is 6.83.